The Morgan fingerprint density at radius 2 is 1.71 bits per heavy atom. The molecule has 0 unspecified atom stereocenters. The molecule has 118 valence electrons. The van der Waals surface area contributed by atoms with Crippen LogP contribution in [0.25, 0.3) is 16.7 Å². The molecule has 0 aliphatic rings. The number of pyridine rings is 1. The van der Waals surface area contributed by atoms with Crippen molar-refractivity contribution in [2.24, 2.45) is 0 Å². The van der Waals surface area contributed by atoms with Crippen LogP contribution in [0.1, 0.15) is 11.1 Å². The van der Waals surface area contributed by atoms with Gasteiger partial charge in [-0.3, -0.25) is 4.57 Å². The fraction of sp³-hybridized carbons (Fsp3) is 0.0952. The summed E-state index contributed by atoms with van der Waals surface area (Å²) >= 11 is 1.86. The molecule has 0 fully saturated rings. The minimum absolute atomic E-state index is 0.954. The molecule has 2 nitrogen and oxygen atoms in total. The van der Waals surface area contributed by atoms with Gasteiger partial charge in [0.1, 0.15) is 5.82 Å². The van der Waals surface area contributed by atoms with E-state index in [1.54, 1.807) is 0 Å². The molecule has 0 spiro atoms. The summed E-state index contributed by atoms with van der Waals surface area (Å²) in [5, 5.41) is 2.47. The summed E-state index contributed by atoms with van der Waals surface area (Å²) in [4.78, 5) is 4.55. The molecule has 2 aromatic carbocycles. The minimum Gasteiger partial charge on any atom is -0.289 e. The molecule has 0 bridgehead atoms. The number of hydrogen-bond donors (Lipinski definition) is 0. The molecular weight excluding hydrogens is 312 g/mol. The SMILES string of the molecule is Cc1ccccc1CSc1cc2ccccc2n1-c1ccccn1. The molecule has 0 radical (unpaired) electrons. The van der Waals surface area contributed by atoms with Crippen LogP contribution in [0, 0.1) is 6.92 Å². The number of para-hydroxylation sites is 1. The molecule has 2 heterocycles. The van der Waals surface area contributed by atoms with E-state index in [1.807, 2.05) is 30.1 Å². The Labute approximate surface area is 146 Å². The number of thioether (sulfide) groups is 1. The van der Waals surface area contributed by atoms with Gasteiger partial charge in [-0.1, -0.05) is 48.5 Å². The van der Waals surface area contributed by atoms with Crippen molar-refractivity contribution in [3.05, 3.63) is 90.1 Å². The van der Waals surface area contributed by atoms with Crippen LogP contribution in [0.3, 0.4) is 0 Å². The number of aromatic nitrogens is 2. The summed E-state index contributed by atoms with van der Waals surface area (Å²) in [6.07, 6.45) is 1.85. The van der Waals surface area contributed by atoms with Crippen molar-refractivity contribution in [3.63, 3.8) is 0 Å². The molecular formula is C21H18N2S. The molecule has 0 aliphatic heterocycles. The molecule has 2 aromatic heterocycles. The fourth-order valence-electron chi connectivity index (χ4n) is 2.88. The second-order valence-corrected chi connectivity index (χ2v) is 6.78. The van der Waals surface area contributed by atoms with Crippen molar-refractivity contribution < 1.29 is 0 Å². The van der Waals surface area contributed by atoms with Gasteiger partial charge in [0.2, 0.25) is 0 Å². The third-order valence-corrected chi connectivity index (χ3v) is 5.24. The predicted octanol–water partition coefficient (Wildman–Crippen LogP) is 5.63. The quantitative estimate of drug-likeness (QED) is 0.452. The number of nitrogens with zero attached hydrogens (tertiary/aromatic N) is 2. The van der Waals surface area contributed by atoms with Gasteiger partial charge in [-0.25, -0.2) is 4.98 Å². The van der Waals surface area contributed by atoms with Crippen molar-refractivity contribution in [1.82, 2.24) is 9.55 Å². The number of aryl methyl sites for hydroxylation is 1. The minimum atomic E-state index is 0.954. The first-order valence-corrected chi connectivity index (χ1v) is 9.01. The number of hydrogen-bond acceptors (Lipinski definition) is 2. The van der Waals surface area contributed by atoms with E-state index in [1.165, 1.54) is 27.1 Å². The highest BCUT2D eigenvalue weighted by Crippen LogP contribution is 2.32. The van der Waals surface area contributed by atoms with E-state index < -0.39 is 0 Å². The molecule has 4 rings (SSSR count). The van der Waals surface area contributed by atoms with Crippen LogP contribution in [-0.4, -0.2) is 9.55 Å². The lowest BCUT2D eigenvalue weighted by Crippen LogP contribution is -1.98. The van der Waals surface area contributed by atoms with Gasteiger partial charge in [0, 0.05) is 17.3 Å². The molecule has 4 aromatic rings. The number of benzene rings is 2. The van der Waals surface area contributed by atoms with Gasteiger partial charge in [0.15, 0.2) is 0 Å². The smallest absolute Gasteiger partial charge is 0.137 e. The van der Waals surface area contributed by atoms with Gasteiger partial charge in [-0.2, -0.15) is 0 Å². The molecule has 24 heavy (non-hydrogen) atoms. The van der Waals surface area contributed by atoms with Gasteiger partial charge in [-0.05, 0) is 42.3 Å². The maximum Gasteiger partial charge on any atom is 0.137 e. The Balaban J connectivity index is 1.76. The van der Waals surface area contributed by atoms with Crippen LogP contribution in [-0.2, 0) is 5.75 Å². The third kappa shape index (κ3) is 2.83. The highest BCUT2D eigenvalue weighted by atomic mass is 32.2. The second kappa shape index (κ2) is 6.54. The normalized spacial score (nSPS) is 11.0. The summed E-state index contributed by atoms with van der Waals surface area (Å²) in [5.74, 6) is 1.92. The number of rotatable bonds is 4. The first kappa shape index (κ1) is 15.0. The van der Waals surface area contributed by atoms with E-state index in [4.69, 9.17) is 0 Å². The van der Waals surface area contributed by atoms with Gasteiger partial charge in [0.05, 0.1) is 10.5 Å². The predicted molar refractivity (Wildman–Crippen MR) is 102 cm³/mol. The fourth-order valence-corrected chi connectivity index (χ4v) is 4.04. The zero-order valence-corrected chi connectivity index (χ0v) is 14.3. The van der Waals surface area contributed by atoms with Crippen LogP contribution in [0.4, 0.5) is 0 Å². The molecule has 0 saturated heterocycles. The van der Waals surface area contributed by atoms with Crippen LogP contribution in [0.15, 0.2) is 84.0 Å². The highest BCUT2D eigenvalue weighted by Gasteiger charge is 2.12. The molecule has 3 heteroatoms. The molecule has 0 aliphatic carbocycles. The van der Waals surface area contributed by atoms with Gasteiger partial charge < -0.3 is 0 Å². The first-order valence-electron chi connectivity index (χ1n) is 8.02. The van der Waals surface area contributed by atoms with Crippen molar-refractivity contribution in [2.75, 3.05) is 0 Å². The van der Waals surface area contributed by atoms with E-state index in [-0.39, 0.29) is 0 Å². The van der Waals surface area contributed by atoms with Gasteiger partial charge in [-0.15, -0.1) is 11.8 Å². The topological polar surface area (TPSA) is 17.8 Å². The average molecular weight is 330 g/mol. The van der Waals surface area contributed by atoms with Crippen LogP contribution < -0.4 is 0 Å². The van der Waals surface area contributed by atoms with Gasteiger partial charge in [0.25, 0.3) is 0 Å². The van der Waals surface area contributed by atoms with E-state index in [9.17, 15) is 0 Å². The lowest BCUT2D eigenvalue weighted by Gasteiger charge is -2.10. The Bertz CT molecular complexity index is 973. The van der Waals surface area contributed by atoms with Crippen molar-refractivity contribution in [1.29, 1.82) is 0 Å². The first-order chi connectivity index (χ1) is 11.8. The van der Waals surface area contributed by atoms with Crippen LogP contribution >= 0.6 is 11.8 Å². The summed E-state index contributed by atoms with van der Waals surface area (Å²) in [6, 6.07) is 25.4. The summed E-state index contributed by atoms with van der Waals surface area (Å²) in [5.41, 5.74) is 3.91. The number of fused-ring (bicyclic) bond motifs is 1. The zero-order chi connectivity index (χ0) is 16.4. The standard InChI is InChI=1S/C21H18N2S/c1-16-8-2-3-10-18(16)15-24-21-14-17-9-4-5-11-19(17)23(21)20-12-6-7-13-22-20/h2-14H,15H2,1H3. The van der Waals surface area contributed by atoms with E-state index in [0.717, 1.165) is 11.6 Å². The van der Waals surface area contributed by atoms with Crippen LogP contribution in [0.2, 0.25) is 0 Å². The monoisotopic (exact) mass is 330 g/mol. The summed E-state index contributed by atoms with van der Waals surface area (Å²) in [7, 11) is 0. The lowest BCUT2D eigenvalue weighted by molar-refractivity contribution is 0.941. The van der Waals surface area contributed by atoms with E-state index >= 15 is 0 Å². The second-order valence-electron chi connectivity index (χ2n) is 5.78. The Kier molecular flexibility index (Phi) is 4.09. The van der Waals surface area contributed by atoms with E-state index in [0.29, 0.717) is 0 Å². The van der Waals surface area contributed by atoms with Crippen LogP contribution in [0.5, 0.6) is 0 Å². The summed E-state index contributed by atoms with van der Waals surface area (Å²) in [6.45, 7) is 2.17. The van der Waals surface area contributed by atoms with Gasteiger partial charge >= 0.3 is 0 Å². The van der Waals surface area contributed by atoms with E-state index in [2.05, 4.69) is 77.1 Å². The Hall–Kier alpha value is -2.52. The lowest BCUT2D eigenvalue weighted by atomic mass is 10.1. The molecule has 0 saturated carbocycles. The Morgan fingerprint density at radius 3 is 2.54 bits per heavy atom. The Morgan fingerprint density at radius 1 is 0.917 bits per heavy atom. The van der Waals surface area contributed by atoms with Crippen molar-refractivity contribution in [3.8, 4) is 5.82 Å². The maximum atomic E-state index is 4.55. The largest absolute Gasteiger partial charge is 0.289 e. The molecule has 0 amide bonds. The molecule has 0 atom stereocenters. The molecule has 0 N–H and O–H groups in total. The van der Waals surface area contributed by atoms with Crippen molar-refractivity contribution in [2.45, 2.75) is 17.7 Å². The summed E-state index contributed by atoms with van der Waals surface area (Å²) < 4.78 is 2.25. The average Bonchev–Trinajstić information content (AvgIpc) is 3.00. The third-order valence-electron chi connectivity index (χ3n) is 4.19. The maximum absolute atomic E-state index is 4.55. The zero-order valence-electron chi connectivity index (χ0n) is 13.5. The van der Waals surface area contributed by atoms with Crippen molar-refractivity contribution >= 4 is 22.7 Å². The highest BCUT2D eigenvalue weighted by molar-refractivity contribution is 7.98.